The molecule has 0 aromatic carbocycles. The van der Waals surface area contributed by atoms with Crippen LogP contribution in [0.1, 0.15) is 26.2 Å². The predicted octanol–water partition coefficient (Wildman–Crippen LogP) is 2.06. The Morgan fingerprint density at radius 3 is 3.24 bits per heavy atom. The highest BCUT2D eigenvalue weighted by Gasteiger charge is 2.21. The van der Waals surface area contributed by atoms with Gasteiger partial charge >= 0.3 is 0 Å². The molecule has 0 amide bonds. The van der Waals surface area contributed by atoms with Crippen LogP contribution in [0.5, 0.6) is 0 Å². The lowest BCUT2D eigenvalue weighted by Gasteiger charge is -2.33. The second-order valence-corrected chi connectivity index (χ2v) is 4.53. The Morgan fingerprint density at radius 2 is 2.47 bits per heavy atom. The van der Waals surface area contributed by atoms with Gasteiger partial charge in [-0.3, -0.25) is 0 Å². The van der Waals surface area contributed by atoms with Crippen LogP contribution in [0.4, 0.5) is 11.5 Å². The first-order valence-corrected chi connectivity index (χ1v) is 6.37. The van der Waals surface area contributed by atoms with Crippen molar-refractivity contribution in [2.75, 3.05) is 30.3 Å². The molecule has 1 unspecified atom stereocenters. The fraction of sp³-hybridized carbons (Fsp3) is 0.615. The summed E-state index contributed by atoms with van der Waals surface area (Å²) in [4.78, 5) is 6.63. The summed E-state index contributed by atoms with van der Waals surface area (Å²) in [5.41, 5.74) is 6.55. The molecule has 2 rings (SSSR count). The maximum Gasteiger partial charge on any atom is 0.130 e. The minimum absolute atomic E-state index is 0.340. The Labute approximate surface area is 103 Å². The number of anilines is 2. The maximum atomic E-state index is 5.81. The lowest BCUT2D eigenvalue weighted by Crippen LogP contribution is -2.40. The molecule has 0 aliphatic carbocycles. The molecular weight excluding hydrogens is 214 g/mol. The zero-order valence-corrected chi connectivity index (χ0v) is 10.4. The van der Waals surface area contributed by atoms with Crippen LogP contribution in [0, 0.1) is 0 Å². The first kappa shape index (κ1) is 12.2. The van der Waals surface area contributed by atoms with Crippen LogP contribution in [0.2, 0.25) is 0 Å². The highest BCUT2D eigenvalue weighted by Crippen LogP contribution is 2.20. The van der Waals surface area contributed by atoms with E-state index in [1.54, 1.807) is 6.20 Å². The molecule has 0 saturated carbocycles. The van der Waals surface area contributed by atoms with E-state index in [4.69, 9.17) is 10.5 Å². The molecule has 1 saturated heterocycles. The first-order valence-electron chi connectivity index (χ1n) is 6.37. The van der Waals surface area contributed by atoms with Gasteiger partial charge in [-0.15, -0.1) is 0 Å². The third kappa shape index (κ3) is 3.33. The van der Waals surface area contributed by atoms with Gasteiger partial charge < -0.3 is 15.4 Å². The van der Waals surface area contributed by atoms with E-state index >= 15 is 0 Å². The summed E-state index contributed by atoms with van der Waals surface area (Å²) in [6, 6.07) is 3.75. The molecule has 0 spiro atoms. The summed E-state index contributed by atoms with van der Waals surface area (Å²) in [6.45, 7) is 4.96. The molecule has 17 heavy (non-hydrogen) atoms. The minimum atomic E-state index is 0.340. The first-order chi connectivity index (χ1) is 8.29. The van der Waals surface area contributed by atoms with Crippen molar-refractivity contribution in [3.8, 4) is 0 Å². The van der Waals surface area contributed by atoms with Gasteiger partial charge in [0.05, 0.1) is 6.10 Å². The summed E-state index contributed by atoms with van der Waals surface area (Å²) in [7, 11) is 0. The van der Waals surface area contributed by atoms with Crippen LogP contribution in [0.25, 0.3) is 0 Å². The van der Waals surface area contributed by atoms with Crippen molar-refractivity contribution in [1.82, 2.24) is 4.98 Å². The van der Waals surface area contributed by atoms with Gasteiger partial charge in [0, 0.05) is 37.6 Å². The largest absolute Gasteiger partial charge is 0.399 e. The molecule has 94 valence electrons. The van der Waals surface area contributed by atoms with Crippen molar-refractivity contribution in [3.63, 3.8) is 0 Å². The van der Waals surface area contributed by atoms with Crippen molar-refractivity contribution >= 4 is 11.5 Å². The minimum Gasteiger partial charge on any atom is -0.399 e. The van der Waals surface area contributed by atoms with Crippen molar-refractivity contribution in [2.45, 2.75) is 32.3 Å². The quantitative estimate of drug-likeness (QED) is 0.868. The van der Waals surface area contributed by atoms with Crippen LogP contribution in [-0.4, -0.2) is 30.8 Å². The average Bonchev–Trinajstić information content (AvgIpc) is 2.37. The Morgan fingerprint density at radius 1 is 1.59 bits per heavy atom. The molecule has 4 nitrogen and oxygen atoms in total. The molecule has 2 heterocycles. The lowest BCUT2D eigenvalue weighted by atomic mass is 10.1. The second-order valence-electron chi connectivity index (χ2n) is 4.53. The van der Waals surface area contributed by atoms with E-state index in [-0.39, 0.29) is 0 Å². The number of aromatic nitrogens is 1. The number of hydrogen-bond acceptors (Lipinski definition) is 4. The van der Waals surface area contributed by atoms with E-state index in [1.807, 2.05) is 12.1 Å². The van der Waals surface area contributed by atoms with Crippen LogP contribution >= 0.6 is 0 Å². The molecule has 1 aromatic heterocycles. The molecular formula is C13H21N3O. The standard InChI is InChI=1S/C13H21N3O/c1-2-8-17-12-4-3-7-16(10-12)13-9-11(14)5-6-15-13/h5-6,9,12H,2-4,7-8,10H2,1H3,(H2,14,15). The van der Waals surface area contributed by atoms with Crippen molar-refractivity contribution in [3.05, 3.63) is 18.3 Å². The third-order valence-electron chi connectivity index (χ3n) is 3.03. The molecule has 1 aromatic rings. The van der Waals surface area contributed by atoms with Crippen LogP contribution in [0.15, 0.2) is 18.3 Å². The van der Waals surface area contributed by atoms with Gasteiger partial charge in [-0.05, 0) is 25.3 Å². The zero-order valence-electron chi connectivity index (χ0n) is 10.4. The van der Waals surface area contributed by atoms with E-state index < -0.39 is 0 Å². The molecule has 1 fully saturated rings. The van der Waals surface area contributed by atoms with Gasteiger partial charge in [0.2, 0.25) is 0 Å². The second kappa shape index (κ2) is 5.87. The molecule has 1 atom stereocenters. The number of piperidine rings is 1. The molecule has 1 aliphatic heterocycles. The summed E-state index contributed by atoms with van der Waals surface area (Å²) in [6.07, 6.45) is 5.49. The van der Waals surface area contributed by atoms with Crippen molar-refractivity contribution in [2.24, 2.45) is 0 Å². The summed E-state index contributed by atoms with van der Waals surface area (Å²) >= 11 is 0. The van der Waals surface area contributed by atoms with Crippen LogP contribution in [-0.2, 0) is 4.74 Å². The van der Waals surface area contributed by atoms with Gasteiger partial charge in [-0.2, -0.15) is 0 Å². The number of nitrogens with zero attached hydrogens (tertiary/aromatic N) is 2. The van der Waals surface area contributed by atoms with E-state index in [9.17, 15) is 0 Å². The monoisotopic (exact) mass is 235 g/mol. The Bertz CT molecular complexity index is 356. The smallest absolute Gasteiger partial charge is 0.130 e. The summed E-state index contributed by atoms with van der Waals surface area (Å²) < 4.78 is 5.81. The maximum absolute atomic E-state index is 5.81. The molecule has 0 radical (unpaired) electrons. The summed E-state index contributed by atoms with van der Waals surface area (Å²) in [5, 5.41) is 0. The third-order valence-corrected chi connectivity index (χ3v) is 3.03. The number of pyridine rings is 1. The fourth-order valence-corrected chi connectivity index (χ4v) is 2.17. The Hall–Kier alpha value is -1.29. The van der Waals surface area contributed by atoms with Gasteiger partial charge in [0.15, 0.2) is 0 Å². The topological polar surface area (TPSA) is 51.4 Å². The fourth-order valence-electron chi connectivity index (χ4n) is 2.17. The van der Waals surface area contributed by atoms with Crippen LogP contribution < -0.4 is 10.6 Å². The highest BCUT2D eigenvalue weighted by atomic mass is 16.5. The van der Waals surface area contributed by atoms with Gasteiger partial charge in [-0.1, -0.05) is 6.92 Å². The SMILES string of the molecule is CCCOC1CCCN(c2cc(N)ccn2)C1. The normalized spacial score (nSPS) is 20.5. The molecule has 2 N–H and O–H groups in total. The van der Waals surface area contributed by atoms with Crippen molar-refractivity contribution < 1.29 is 4.74 Å². The number of nitrogen functional groups attached to an aromatic ring is 1. The number of ether oxygens (including phenoxy) is 1. The number of nitrogens with two attached hydrogens (primary N) is 1. The van der Waals surface area contributed by atoms with Gasteiger partial charge in [0.1, 0.15) is 5.82 Å². The zero-order chi connectivity index (χ0) is 12.1. The van der Waals surface area contributed by atoms with E-state index in [2.05, 4.69) is 16.8 Å². The Balaban J connectivity index is 1.97. The predicted molar refractivity (Wildman–Crippen MR) is 70.1 cm³/mol. The molecule has 1 aliphatic rings. The van der Waals surface area contributed by atoms with Gasteiger partial charge in [-0.25, -0.2) is 4.98 Å². The number of hydrogen-bond donors (Lipinski definition) is 1. The van der Waals surface area contributed by atoms with E-state index in [0.717, 1.165) is 50.5 Å². The van der Waals surface area contributed by atoms with Crippen LogP contribution in [0.3, 0.4) is 0 Å². The average molecular weight is 235 g/mol. The van der Waals surface area contributed by atoms with Gasteiger partial charge in [0.25, 0.3) is 0 Å². The molecule has 0 bridgehead atoms. The van der Waals surface area contributed by atoms with E-state index in [1.165, 1.54) is 0 Å². The van der Waals surface area contributed by atoms with E-state index in [0.29, 0.717) is 6.10 Å². The Kier molecular flexibility index (Phi) is 4.20. The lowest BCUT2D eigenvalue weighted by molar-refractivity contribution is 0.0439. The summed E-state index contributed by atoms with van der Waals surface area (Å²) in [5.74, 6) is 0.967. The van der Waals surface area contributed by atoms with Crippen molar-refractivity contribution in [1.29, 1.82) is 0 Å². The number of rotatable bonds is 4. The molecule has 4 heteroatoms. The highest BCUT2D eigenvalue weighted by molar-refractivity contribution is 5.50.